The number of carbonyl (C=O) groups is 1. The summed E-state index contributed by atoms with van der Waals surface area (Å²) in [7, 11) is 0. The molecule has 1 N–H and O–H groups in total. The van der Waals surface area contributed by atoms with Crippen LogP contribution in [0.5, 0.6) is 0 Å². The van der Waals surface area contributed by atoms with Crippen LogP contribution in [0.25, 0.3) is 11.6 Å². The Bertz CT molecular complexity index is 914. The number of furan rings is 1. The molecule has 0 radical (unpaired) electrons. The van der Waals surface area contributed by atoms with Gasteiger partial charge in [0.25, 0.3) is 0 Å². The maximum Gasteiger partial charge on any atom is 0.238 e. The Balaban J connectivity index is 1.35. The number of rotatable bonds is 6. The Hall–Kier alpha value is -2.94. The lowest BCUT2D eigenvalue weighted by molar-refractivity contribution is -0.132. The van der Waals surface area contributed by atoms with Crippen LogP contribution in [0.1, 0.15) is 43.1 Å². The van der Waals surface area contributed by atoms with Gasteiger partial charge in [0.15, 0.2) is 5.76 Å². The number of nitrogens with zero attached hydrogens (tertiary/aromatic N) is 5. The maximum absolute atomic E-state index is 12.6. The van der Waals surface area contributed by atoms with Gasteiger partial charge >= 0.3 is 0 Å². The molecular formula is C18H21N5O4. The van der Waals surface area contributed by atoms with E-state index in [0.29, 0.717) is 62.1 Å². The zero-order valence-electron chi connectivity index (χ0n) is 15.0. The van der Waals surface area contributed by atoms with Gasteiger partial charge in [-0.15, -0.1) is 0 Å². The lowest BCUT2D eigenvalue weighted by Gasteiger charge is -2.27. The van der Waals surface area contributed by atoms with E-state index in [1.807, 2.05) is 17.7 Å². The van der Waals surface area contributed by atoms with Crippen LogP contribution >= 0.6 is 0 Å². The Labute approximate surface area is 155 Å². The molecule has 0 saturated carbocycles. The summed E-state index contributed by atoms with van der Waals surface area (Å²) in [6.45, 7) is 3.62. The minimum absolute atomic E-state index is 0.0257. The second-order valence-electron chi connectivity index (χ2n) is 6.51. The van der Waals surface area contributed by atoms with Crippen molar-refractivity contribution in [2.24, 2.45) is 0 Å². The summed E-state index contributed by atoms with van der Waals surface area (Å²) in [4.78, 5) is 18.6. The van der Waals surface area contributed by atoms with Gasteiger partial charge in [0.1, 0.15) is 0 Å². The number of hydrogen-bond acceptors (Lipinski definition) is 7. The molecule has 0 fully saturated rings. The average Bonchev–Trinajstić information content (AvgIpc) is 3.44. The molecule has 0 bridgehead atoms. The highest BCUT2D eigenvalue weighted by Crippen LogP contribution is 2.21. The van der Waals surface area contributed by atoms with Crippen molar-refractivity contribution in [3.63, 3.8) is 0 Å². The third-order valence-corrected chi connectivity index (χ3v) is 4.66. The van der Waals surface area contributed by atoms with Crippen LogP contribution in [0.15, 0.2) is 33.4 Å². The van der Waals surface area contributed by atoms with Gasteiger partial charge in [-0.05, 0) is 24.6 Å². The number of aromatic nitrogens is 4. The summed E-state index contributed by atoms with van der Waals surface area (Å²) in [6, 6.07) is 5.38. The molecule has 4 heterocycles. The molecule has 9 nitrogen and oxygen atoms in total. The fourth-order valence-corrected chi connectivity index (χ4v) is 3.11. The number of aliphatic hydroxyl groups excluding tert-OH is 1. The van der Waals surface area contributed by atoms with Gasteiger partial charge in [-0.1, -0.05) is 12.1 Å². The molecule has 1 atom stereocenters. The topological polar surface area (TPSA) is 110 Å². The monoisotopic (exact) mass is 371 g/mol. The van der Waals surface area contributed by atoms with Crippen molar-refractivity contribution in [3.05, 3.63) is 41.7 Å². The van der Waals surface area contributed by atoms with Crippen molar-refractivity contribution >= 4 is 5.91 Å². The third-order valence-electron chi connectivity index (χ3n) is 4.66. The van der Waals surface area contributed by atoms with Gasteiger partial charge in [0.2, 0.25) is 17.6 Å². The molecule has 0 unspecified atom stereocenters. The van der Waals surface area contributed by atoms with Crippen LogP contribution in [0.3, 0.4) is 0 Å². The van der Waals surface area contributed by atoms with Gasteiger partial charge < -0.3 is 18.9 Å². The van der Waals surface area contributed by atoms with E-state index in [1.54, 1.807) is 23.3 Å². The van der Waals surface area contributed by atoms with E-state index in [4.69, 9.17) is 8.94 Å². The minimum atomic E-state index is -0.562. The fraction of sp³-hybridized carbons (Fsp3) is 0.444. The fourth-order valence-electron chi connectivity index (χ4n) is 3.11. The summed E-state index contributed by atoms with van der Waals surface area (Å²) in [5.74, 6) is 1.35. The number of aryl methyl sites for hydroxylation is 1. The van der Waals surface area contributed by atoms with Crippen LogP contribution in [0.2, 0.25) is 0 Å². The average molecular weight is 371 g/mol. The Morgan fingerprint density at radius 3 is 3.07 bits per heavy atom. The first-order valence-corrected chi connectivity index (χ1v) is 9.03. The normalized spacial score (nSPS) is 15.0. The molecule has 27 heavy (non-hydrogen) atoms. The van der Waals surface area contributed by atoms with E-state index in [9.17, 15) is 9.90 Å². The summed E-state index contributed by atoms with van der Waals surface area (Å²) in [5, 5.41) is 18.2. The highest BCUT2D eigenvalue weighted by Gasteiger charge is 2.24. The molecule has 0 spiro atoms. The van der Waals surface area contributed by atoms with Gasteiger partial charge in [-0.3, -0.25) is 9.48 Å². The smallest absolute Gasteiger partial charge is 0.238 e. The van der Waals surface area contributed by atoms with Crippen molar-refractivity contribution in [1.82, 2.24) is 24.8 Å². The number of hydrogen-bond donors (Lipinski definition) is 1. The predicted octanol–water partition coefficient (Wildman–Crippen LogP) is 1.94. The number of fused-ring (bicyclic) bond motifs is 1. The molecule has 142 valence electrons. The molecule has 0 saturated heterocycles. The molecule has 9 heteroatoms. The van der Waals surface area contributed by atoms with Crippen LogP contribution in [-0.4, -0.2) is 42.4 Å². The van der Waals surface area contributed by atoms with Crippen molar-refractivity contribution in [3.8, 4) is 11.6 Å². The van der Waals surface area contributed by atoms with Crippen LogP contribution in [-0.2, 0) is 24.3 Å². The molecule has 3 aromatic heterocycles. The van der Waals surface area contributed by atoms with E-state index in [0.717, 1.165) is 5.69 Å². The van der Waals surface area contributed by atoms with Gasteiger partial charge in [-0.2, -0.15) is 10.1 Å². The summed E-state index contributed by atoms with van der Waals surface area (Å²) in [6.07, 6.45) is 2.26. The van der Waals surface area contributed by atoms with E-state index in [2.05, 4.69) is 15.2 Å². The SMILES string of the molecule is CC[C@H](O)c1cc2n(n1)CCN(C(=O)CCc1nc(-c3ccco3)no1)C2. The Morgan fingerprint density at radius 2 is 2.30 bits per heavy atom. The zero-order chi connectivity index (χ0) is 18.8. The van der Waals surface area contributed by atoms with E-state index < -0.39 is 6.10 Å². The molecule has 1 amide bonds. The standard InChI is InChI=1S/C18H21N5O4/c1-2-14(24)13-10-12-11-22(7-8-23(12)20-13)17(25)6-5-16-19-18(21-27-16)15-4-3-9-26-15/h3-4,9-10,14,24H,2,5-8,11H2,1H3/t14-/m0/s1. The molecule has 0 aromatic carbocycles. The summed E-state index contributed by atoms with van der Waals surface area (Å²) < 4.78 is 12.3. The van der Waals surface area contributed by atoms with Crippen molar-refractivity contribution < 1.29 is 18.8 Å². The summed E-state index contributed by atoms with van der Waals surface area (Å²) in [5.41, 5.74) is 1.60. The molecule has 0 aliphatic carbocycles. The molecule has 3 aromatic rings. The lowest BCUT2D eigenvalue weighted by Crippen LogP contribution is -2.38. The molecule has 4 rings (SSSR count). The molecule has 1 aliphatic rings. The first-order chi connectivity index (χ1) is 13.1. The van der Waals surface area contributed by atoms with Gasteiger partial charge in [0.05, 0.1) is 36.8 Å². The first-order valence-electron chi connectivity index (χ1n) is 9.03. The highest BCUT2D eigenvalue weighted by molar-refractivity contribution is 5.76. The highest BCUT2D eigenvalue weighted by atomic mass is 16.5. The number of carbonyl (C=O) groups excluding carboxylic acids is 1. The van der Waals surface area contributed by atoms with Crippen LogP contribution in [0, 0.1) is 0 Å². The van der Waals surface area contributed by atoms with Crippen molar-refractivity contribution in [2.75, 3.05) is 6.54 Å². The Kier molecular flexibility index (Phi) is 4.76. The Morgan fingerprint density at radius 1 is 1.41 bits per heavy atom. The lowest BCUT2D eigenvalue weighted by atomic mass is 10.2. The van der Waals surface area contributed by atoms with E-state index in [-0.39, 0.29) is 5.91 Å². The van der Waals surface area contributed by atoms with E-state index >= 15 is 0 Å². The van der Waals surface area contributed by atoms with E-state index in [1.165, 1.54) is 0 Å². The zero-order valence-corrected chi connectivity index (χ0v) is 15.0. The van der Waals surface area contributed by atoms with Gasteiger partial charge in [0, 0.05) is 19.4 Å². The number of amides is 1. The second-order valence-corrected chi connectivity index (χ2v) is 6.51. The van der Waals surface area contributed by atoms with Crippen molar-refractivity contribution in [2.45, 2.75) is 45.4 Å². The van der Waals surface area contributed by atoms with Gasteiger partial charge in [-0.25, -0.2) is 0 Å². The first kappa shape index (κ1) is 17.5. The number of aliphatic hydroxyl groups is 1. The second kappa shape index (κ2) is 7.36. The third kappa shape index (κ3) is 3.63. The molecular weight excluding hydrogens is 350 g/mol. The van der Waals surface area contributed by atoms with Crippen LogP contribution < -0.4 is 0 Å². The quantitative estimate of drug-likeness (QED) is 0.705. The maximum atomic E-state index is 12.6. The van der Waals surface area contributed by atoms with Crippen LogP contribution in [0.4, 0.5) is 0 Å². The predicted molar refractivity (Wildman–Crippen MR) is 93.2 cm³/mol. The summed E-state index contributed by atoms with van der Waals surface area (Å²) >= 11 is 0. The van der Waals surface area contributed by atoms with Crippen molar-refractivity contribution in [1.29, 1.82) is 0 Å². The molecule has 1 aliphatic heterocycles. The largest absolute Gasteiger partial charge is 0.461 e. The minimum Gasteiger partial charge on any atom is -0.461 e.